The lowest BCUT2D eigenvalue weighted by Gasteiger charge is -2.24. The monoisotopic (exact) mass is 283 g/mol. The molecule has 1 heterocycles. The summed E-state index contributed by atoms with van der Waals surface area (Å²) in [5.41, 5.74) is 5.52. The third-order valence-corrected chi connectivity index (χ3v) is 4.84. The number of unbranched alkanes of at least 4 members (excludes halogenated alkanes) is 1. The third-order valence-electron chi connectivity index (χ3n) is 4.84. The van der Waals surface area contributed by atoms with Crippen LogP contribution in [-0.2, 0) is 0 Å². The number of hydrogen-bond acceptors (Lipinski definition) is 3. The van der Waals surface area contributed by atoms with Crippen LogP contribution in [0.1, 0.15) is 65.7 Å². The summed E-state index contributed by atoms with van der Waals surface area (Å²) >= 11 is 0. The van der Waals surface area contributed by atoms with Crippen LogP contribution in [0.15, 0.2) is 5.16 Å². The second-order valence-corrected chi connectivity index (χ2v) is 6.87. The van der Waals surface area contributed by atoms with Gasteiger partial charge in [-0.1, -0.05) is 38.8 Å². The molecule has 1 saturated heterocycles. The van der Waals surface area contributed by atoms with Crippen molar-refractivity contribution in [3.05, 3.63) is 0 Å². The quantitative estimate of drug-likeness (QED) is 0.247. The molecule has 20 heavy (non-hydrogen) atoms. The Labute approximate surface area is 124 Å². The predicted molar refractivity (Wildman–Crippen MR) is 85.1 cm³/mol. The van der Waals surface area contributed by atoms with Crippen LogP contribution in [0.5, 0.6) is 0 Å². The van der Waals surface area contributed by atoms with Crippen molar-refractivity contribution in [2.75, 3.05) is 19.6 Å². The number of rotatable bonds is 7. The van der Waals surface area contributed by atoms with Crippen molar-refractivity contribution in [3.63, 3.8) is 0 Å². The lowest BCUT2D eigenvalue weighted by atomic mass is 9.86. The molecule has 0 aromatic carbocycles. The van der Waals surface area contributed by atoms with Gasteiger partial charge in [0.25, 0.3) is 0 Å². The molecular formula is C16H33N3O. The Morgan fingerprint density at radius 3 is 2.70 bits per heavy atom. The summed E-state index contributed by atoms with van der Waals surface area (Å²) in [5.74, 6) is 1.29. The van der Waals surface area contributed by atoms with E-state index in [-0.39, 0.29) is 5.41 Å². The standard InChI is InChI=1S/C16H33N3O/c1-4-14-8-7-12-19(13-9-14)11-6-5-10-16(2,3)15(17)18-20/h14,20H,4-13H2,1-3H3,(H2,17,18). The molecule has 4 nitrogen and oxygen atoms in total. The first-order valence-electron chi connectivity index (χ1n) is 8.20. The summed E-state index contributed by atoms with van der Waals surface area (Å²) in [4.78, 5) is 2.62. The highest BCUT2D eigenvalue weighted by molar-refractivity contribution is 5.85. The number of amidine groups is 1. The van der Waals surface area contributed by atoms with Crippen molar-refractivity contribution in [2.24, 2.45) is 22.2 Å². The average molecular weight is 283 g/mol. The zero-order valence-electron chi connectivity index (χ0n) is 13.6. The molecule has 0 radical (unpaired) electrons. The van der Waals surface area contributed by atoms with Crippen LogP contribution in [0, 0.1) is 11.3 Å². The average Bonchev–Trinajstić information content (AvgIpc) is 2.67. The molecular weight excluding hydrogens is 250 g/mol. The summed E-state index contributed by atoms with van der Waals surface area (Å²) < 4.78 is 0. The Balaban J connectivity index is 2.21. The molecule has 4 heteroatoms. The Hall–Kier alpha value is -0.770. The molecule has 118 valence electrons. The fourth-order valence-electron chi connectivity index (χ4n) is 3.02. The largest absolute Gasteiger partial charge is 0.409 e. The fourth-order valence-corrected chi connectivity index (χ4v) is 3.02. The molecule has 3 N–H and O–H groups in total. The third kappa shape index (κ3) is 5.70. The van der Waals surface area contributed by atoms with Gasteiger partial charge in [-0.25, -0.2) is 0 Å². The Kier molecular flexibility index (Phi) is 7.35. The minimum absolute atomic E-state index is 0.194. The van der Waals surface area contributed by atoms with Gasteiger partial charge in [0, 0.05) is 5.41 Å². The second kappa shape index (κ2) is 8.50. The van der Waals surface area contributed by atoms with Crippen LogP contribution in [-0.4, -0.2) is 35.6 Å². The normalized spacial score (nSPS) is 22.8. The SMILES string of the molecule is CCC1CCCN(CCCCC(C)(C)C(N)=NO)CC1. The van der Waals surface area contributed by atoms with E-state index in [1.165, 1.54) is 51.7 Å². The minimum Gasteiger partial charge on any atom is -0.409 e. The first kappa shape index (κ1) is 17.3. The van der Waals surface area contributed by atoms with Crippen LogP contribution in [0.2, 0.25) is 0 Å². The van der Waals surface area contributed by atoms with Crippen molar-refractivity contribution in [3.8, 4) is 0 Å². The molecule has 1 fully saturated rings. The van der Waals surface area contributed by atoms with Gasteiger partial charge in [0.1, 0.15) is 5.84 Å². The Morgan fingerprint density at radius 2 is 2.05 bits per heavy atom. The lowest BCUT2D eigenvalue weighted by molar-refractivity contribution is 0.267. The van der Waals surface area contributed by atoms with E-state index < -0.39 is 0 Å². The van der Waals surface area contributed by atoms with Gasteiger partial charge in [0.05, 0.1) is 0 Å². The molecule has 0 saturated carbocycles. The maximum atomic E-state index is 8.76. The summed E-state index contributed by atoms with van der Waals surface area (Å²) in [6, 6.07) is 0. The van der Waals surface area contributed by atoms with Crippen LogP contribution < -0.4 is 5.73 Å². The molecule has 0 aromatic heterocycles. The molecule has 1 rings (SSSR count). The predicted octanol–water partition coefficient (Wildman–Crippen LogP) is 3.44. The van der Waals surface area contributed by atoms with Gasteiger partial charge in [-0.05, 0) is 57.7 Å². The van der Waals surface area contributed by atoms with E-state index in [2.05, 4.69) is 17.0 Å². The topological polar surface area (TPSA) is 61.8 Å². The van der Waals surface area contributed by atoms with Crippen molar-refractivity contribution in [1.29, 1.82) is 0 Å². The highest BCUT2D eigenvalue weighted by Gasteiger charge is 2.23. The molecule has 0 spiro atoms. The molecule has 1 atom stereocenters. The van der Waals surface area contributed by atoms with Crippen molar-refractivity contribution in [1.82, 2.24) is 4.90 Å². The fraction of sp³-hybridized carbons (Fsp3) is 0.938. The highest BCUT2D eigenvalue weighted by atomic mass is 16.4. The van der Waals surface area contributed by atoms with Crippen molar-refractivity contribution in [2.45, 2.75) is 65.7 Å². The Bertz CT molecular complexity index is 302. The zero-order chi connectivity index (χ0) is 15.0. The molecule has 1 aliphatic heterocycles. The van der Waals surface area contributed by atoms with E-state index in [9.17, 15) is 0 Å². The van der Waals surface area contributed by atoms with Crippen LogP contribution in [0.4, 0.5) is 0 Å². The molecule has 1 unspecified atom stereocenters. The van der Waals surface area contributed by atoms with E-state index in [0.29, 0.717) is 5.84 Å². The van der Waals surface area contributed by atoms with E-state index in [0.717, 1.165) is 18.8 Å². The summed E-state index contributed by atoms with van der Waals surface area (Å²) in [6.07, 6.45) is 8.79. The first-order valence-corrected chi connectivity index (χ1v) is 8.20. The van der Waals surface area contributed by atoms with E-state index in [4.69, 9.17) is 10.9 Å². The highest BCUT2D eigenvalue weighted by Crippen LogP contribution is 2.24. The minimum atomic E-state index is -0.194. The first-order chi connectivity index (χ1) is 9.49. The number of likely N-dealkylation sites (tertiary alicyclic amines) is 1. The Morgan fingerprint density at radius 1 is 1.30 bits per heavy atom. The van der Waals surface area contributed by atoms with Crippen LogP contribution in [0.3, 0.4) is 0 Å². The van der Waals surface area contributed by atoms with Gasteiger partial charge in [-0.15, -0.1) is 0 Å². The number of nitrogens with zero attached hydrogens (tertiary/aromatic N) is 2. The number of nitrogens with two attached hydrogens (primary N) is 1. The molecule has 0 bridgehead atoms. The van der Waals surface area contributed by atoms with Gasteiger partial charge in [-0.2, -0.15) is 0 Å². The van der Waals surface area contributed by atoms with Crippen LogP contribution in [0.25, 0.3) is 0 Å². The molecule has 0 aromatic rings. The summed E-state index contributed by atoms with van der Waals surface area (Å²) in [6.45, 7) is 10.1. The van der Waals surface area contributed by atoms with Gasteiger partial charge < -0.3 is 15.8 Å². The van der Waals surface area contributed by atoms with Crippen LogP contribution >= 0.6 is 0 Å². The maximum absolute atomic E-state index is 8.76. The van der Waals surface area contributed by atoms with E-state index in [1.54, 1.807) is 0 Å². The van der Waals surface area contributed by atoms with Gasteiger partial charge in [-0.3, -0.25) is 0 Å². The summed E-state index contributed by atoms with van der Waals surface area (Å²) in [5, 5.41) is 11.9. The van der Waals surface area contributed by atoms with Gasteiger partial charge in [0.2, 0.25) is 0 Å². The van der Waals surface area contributed by atoms with Gasteiger partial charge in [0.15, 0.2) is 0 Å². The molecule has 1 aliphatic rings. The smallest absolute Gasteiger partial charge is 0.144 e. The molecule has 0 aliphatic carbocycles. The van der Waals surface area contributed by atoms with Gasteiger partial charge >= 0.3 is 0 Å². The van der Waals surface area contributed by atoms with E-state index >= 15 is 0 Å². The maximum Gasteiger partial charge on any atom is 0.144 e. The number of hydrogen-bond donors (Lipinski definition) is 2. The van der Waals surface area contributed by atoms with E-state index in [1.807, 2.05) is 13.8 Å². The second-order valence-electron chi connectivity index (χ2n) is 6.87. The zero-order valence-corrected chi connectivity index (χ0v) is 13.6. The lowest BCUT2D eigenvalue weighted by Crippen LogP contribution is -2.32. The summed E-state index contributed by atoms with van der Waals surface area (Å²) in [7, 11) is 0. The van der Waals surface area contributed by atoms with Crippen molar-refractivity contribution >= 4 is 5.84 Å². The van der Waals surface area contributed by atoms with Crippen molar-refractivity contribution < 1.29 is 5.21 Å². The number of oxime groups is 1. The molecule has 0 amide bonds.